The maximum absolute atomic E-state index is 12.0. The van der Waals surface area contributed by atoms with Gasteiger partial charge in [-0.15, -0.1) is 0 Å². The van der Waals surface area contributed by atoms with E-state index in [0.29, 0.717) is 25.3 Å². The molecule has 25 heavy (non-hydrogen) atoms. The second-order valence-electron chi connectivity index (χ2n) is 6.25. The van der Waals surface area contributed by atoms with E-state index in [1.54, 1.807) is 12.3 Å². The Morgan fingerprint density at radius 2 is 2.16 bits per heavy atom. The molecule has 0 saturated carbocycles. The van der Waals surface area contributed by atoms with Crippen LogP contribution < -0.4 is 15.4 Å². The summed E-state index contributed by atoms with van der Waals surface area (Å²) in [6.07, 6.45) is 2.63. The highest BCUT2D eigenvalue weighted by Gasteiger charge is 2.26. The highest BCUT2D eigenvalue weighted by Crippen LogP contribution is 2.24. The molecule has 0 bridgehead atoms. The van der Waals surface area contributed by atoms with E-state index < -0.39 is 6.04 Å². The minimum absolute atomic E-state index is 0.0743. The Morgan fingerprint density at radius 3 is 2.84 bits per heavy atom. The van der Waals surface area contributed by atoms with E-state index in [2.05, 4.69) is 15.6 Å². The number of pyridine rings is 1. The molecule has 2 aromatic rings. The average Bonchev–Trinajstić information content (AvgIpc) is 3.04. The number of ether oxygens (including phenoxy) is 1. The number of amides is 2. The van der Waals surface area contributed by atoms with Gasteiger partial charge in [0.15, 0.2) is 0 Å². The van der Waals surface area contributed by atoms with Crippen molar-refractivity contribution in [2.75, 3.05) is 0 Å². The van der Waals surface area contributed by atoms with E-state index in [0.717, 1.165) is 22.4 Å². The van der Waals surface area contributed by atoms with E-state index in [4.69, 9.17) is 4.74 Å². The van der Waals surface area contributed by atoms with Crippen LogP contribution in [0, 0.1) is 13.8 Å². The second kappa shape index (κ2) is 7.34. The lowest BCUT2D eigenvalue weighted by Gasteiger charge is -2.11. The lowest BCUT2D eigenvalue weighted by atomic mass is 10.1. The van der Waals surface area contributed by atoms with Crippen molar-refractivity contribution < 1.29 is 14.3 Å². The van der Waals surface area contributed by atoms with E-state index in [-0.39, 0.29) is 11.8 Å². The number of carbonyl (C=O) groups excluding carboxylic acids is 2. The van der Waals surface area contributed by atoms with Gasteiger partial charge in [0.1, 0.15) is 11.8 Å². The molecule has 2 heterocycles. The molecule has 0 radical (unpaired) electrons. The van der Waals surface area contributed by atoms with Crippen molar-refractivity contribution in [3.63, 3.8) is 0 Å². The topological polar surface area (TPSA) is 80.3 Å². The summed E-state index contributed by atoms with van der Waals surface area (Å²) in [5.74, 6) is 1.05. The number of rotatable bonds is 5. The predicted molar refractivity (Wildman–Crippen MR) is 93.2 cm³/mol. The maximum Gasteiger partial charge on any atom is 0.242 e. The Labute approximate surface area is 146 Å². The molecule has 6 nitrogen and oxygen atoms in total. The Balaban J connectivity index is 1.56. The minimum atomic E-state index is -0.424. The van der Waals surface area contributed by atoms with Crippen LogP contribution in [0.2, 0.25) is 0 Å². The molecule has 1 aliphatic rings. The van der Waals surface area contributed by atoms with Crippen LogP contribution in [0.3, 0.4) is 0 Å². The number of carbonyl (C=O) groups is 2. The van der Waals surface area contributed by atoms with Crippen LogP contribution in [-0.2, 0) is 16.1 Å². The van der Waals surface area contributed by atoms with Crippen LogP contribution in [0.15, 0.2) is 36.5 Å². The number of benzene rings is 1. The molecule has 6 heteroatoms. The Kier molecular flexibility index (Phi) is 4.97. The van der Waals surface area contributed by atoms with Crippen molar-refractivity contribution in [2.24, 2.45) is 0 Å². The van der Waals surface area contributed by atoms with Gasteiger partial charge in [-0.1, -0.05) is 18.2 Å². The molecule has 0 spiro atoms. The minimum Gasteiger partial charge on any atom is -0.439 e. The van der Waals surface area contributed by atoms with Gasteiger partial charge in [-0.25, -0.2) is 4.98 Å². The fourth-order valence-electron chi connectivity index (χ4n) is 2.63. The molecule has 1 saturated heterocycles. The zero-order valence-corrected chi connectivity index (χ0v) is 14.3. The summed E-state index contributed by atoms with van der Waals surface area (Å²) in [6.45, 7) is 4.36. The third-order valence-corrected chi connectivity index (χ3v) is 4.13. The van der Waals surface area contributed by atoms with Gasteiger partial charge < -0.3 is 15.4 Å². The number of nitrogens with one attached hydrogen (secondary N) is 2. The highest BCUT2D eigenvalue weighted by molar-refractivity contribution is 5.90. The molecule has 1 fully saturated rings. The Morgan fingerprint density at radius 1 is 1.32 bits per heavy atom. The fourth-order valence-corrected chi connectivity index (χ4v) is 2.63. The summed E-state index contributed by atoms with van der Waals surface area (Å²) < 4.78 is 5.82. The van der Waals surface area contributed by atoms with E-state index in [1.165, 1.54) is 0 Å². The molecular formula is C19H21N3O3. The van der Waals surface area contributed by atoms with E-state index in [9.17, 15) is 9.59 Å². The summed E-state index contributed by atoms with van der Waals surface area (Å²) >= 11 is 0. The quantitative estimate of drug-likeness (QED) is 0.876. The molecule has 1 atom stereocenters. The molecule has 2 amide bonds. The van der Waals surface area contributed by atoms with Gasteiger partial charge in [0.05, 0.1) is 0 Å². The number of hydrogen-bond donors (Lipinski definition) is 2. The smallest absolute Gasteiger partial charge is 0.242 e. The van der Waals surface area contributed by atoms with Crippen molar-refractivity contribution in [1.82, 2.24) is 15.6 Å². The van der Waals surface area contributed by atoms with E-state index in [1.807, 2.05) is 38.1 Å². The molecule has 1 aromatic heterocycles. The molecule has 2 N–H and O–H groups in total. The van der Waals surface area contributed by atoms with Crippen LogP contribution in [0.1, 0.15) is 29.5 Å². The summed E-state index contributed by atoms with van der Waals surface area (Å²) in [6, 6.07) is 9.24. The fraction of sp³-hybridized carbons (Fsp3) is 0.316. The summed E-state index contributed by atoms with van der Waals surface area (Å²) in [5, 5.41) is 5.46. The van der Waals surface area contributed by atoms with Crippen molar-refractivity contribution >= 4 is 11.8 Å². The van der Waals surface area contributed by atoms with Gasteiger partial charge in [-0.3, -0.25) is 9.59 Å². The maximum atomic E-state index is 12.0. The number of nitrogens with zero attached hydrogens (tertiary/aromatic N) is 1. The number of aromatic nitrogens is 1. The van der Waals surface area contributed by atoms with Gasteiger partial charge in [0, 0.05) is 25.2 Å². The van der Waals surface area contributed by atoms with Gasteiger partial charge in [0.2, 0.25) is 17.7 Å². The SMILES string of the molecule is Cc1ccc(C)c(Oc2ccc(CNC(=O)C3CCC(=O)N3)cn2)c1. The van der Waals surface area contributed by atoms with Crippen molar-refractivity contribution in [3.05, 3.63) is 53.2 Å². The highest BCUT2D eigenvalue weighted by atomic mass is 16.5. The van der Waals surface area contributed by atoms with Gasteiger partial charge in [0.25, 0.3) is 0 Å². The zero-order chi connectivity index (χ0) is 17.8. The molecular weight excluding hydrogens is 318 g/mol. The van der Waals surface area contributed by atoms with Crippen LogP contribution in [0.25, 0.3) is 0 Å². The third kappa shape index (κ3) is 4.35. The monoisotopic (exact) mass is 339 g/mol. The van der Waals surface area contributed by atoms with E-state index >= 15 is 0 Å². The van der Waals surface area contributed by atoms with Crippen LogP contribution in [-0.4, -0.2) is 22.8 Å². The third-order valence-electron chi connectivity index (χ3n) is 4.13. The van der Waals surface area contributed by atoms with Gasteiger partial charge in [-0.2, -0.15) is 0 Å². The molecule has 1 aromatic carbocycles. The van der Waals surface area contributed by atoms with Crippen molar-refractivity contribution in [2.45, 2.75) is 39.3 Å². The first kappa shape index (κ1) is 17.0. The Bertz CT molecular complexity index is 787. The van der Waals surface area contributed by atoms with Crippen LogP contribution >= 0.6 is 0 Å². The first-order valence-electron chi connectivity index (χ1n) is 8.28. The molecule has 130 valence electrons. The van der Waals surface area contributed by atoms with Crippen molar-refractivity contribution in [1.29, 1.82) is 0 Å². The molecule has 3 rings (SSSR count). The average molecular weight is 339 g/mol. The molecule has 0 aliphatic carbocycles. The van der Waals surface area contributed by atoms with Gasteiger partial charge >= 0.3 is 0 Å². The summed E-state index contributed by atoms with van der Waals surface area (Å²) in [5.41, 5.74) is 3.03. The lowest BCUT2D eigenvalue weighted by molar-refractivity contribution is -0.125. The summed E-state index contributed by atoms with van der Waals surface area (Å²) in [4.78, 5) is 27.4. The first-order chi connectivity index (χ1) is 12.0. The van der Waals surface area contributed by atoms with Crippen LogP contribution in [0.5, 0.6) is 11.6 Å². The largest absolute Gasteiger partial charge is 0.439 e. The van der Waals surface area contributed by atoms with Gasteiger partial charge in [-0.05, 0) is 43.0 Å². The summed E-state index contributed by atoms with van der Waals surface area (Å²) in [7, 11) is 0. The Hall–Kier alpha value is -2.89. The standard InChI is InChI=1S/C19H21N3O3/c1-12-3-4-13(2)16(9-12)25-18-8-5-14(10-20-18)11-21-19(24)15-6-7-17(23)22-15/h3-5,8-10,15H,6-7,11H2,1-2H3,(H,21,24)(H,22,23). The van der Waals surface area contributed by atoms with Crippen LogP contribution in [0.4, 0.5) is 0 Å². The zero-order valence-electron chi connectivity index (χ0n) is 14.3. The first-order valence-corrected chi connectivity index (χ1v) is 8.28. The molecule has 1 unspecified atom stereocenters. The normalized spacial score (nSPS) is 16.4. The number of aryl methyl sites for hydroxylation is 2. The second-order valence-corrected chi connectivity index (χ2v) is 6.25. The lowest BCUT2D eigenvalue weighted by Crippen LogP contribution is -2.41. The number of hydrogen-bond acceptors (Lipinski definition) is 4. The van der Waals surface area contributed by atoms with Crippen molar-refractivity contribution in [3.8, 4) is 11.6 Å². The molecule has 1 aliphatic heterocycles. The predicted octanol–water partition coefficient (Wildman–Crippen LogP) is 2.39.